The van der Waals surface area contributed by atoms with Crippen molar-refractivity contribution in [2.24, 2.45) is 0 Å². The third kappa shape index (κ3) is 1.97. The first-order valence-corrected chi connectivity index (χ1v) is 6.66. The fraction of sp³-hybridized carbons (Fsp3) is 0.462. The molecule has 4 nitrogen and oxygen atoms in total. The molecule has 2 aromatic rings. The number of fused-ring (bicyclic) bond motifs is 1. The van der Waals surface area contributed by atoms with E-state index in [1.165, 1.54) is 0 Å². The second kappa shape index (κ2) is 3.98. The van der Waals surface area contributed by atoms with Crippen molar-refractivity contribution < 1.29 is 9.31 Å². The van der Waals surface area contributed by atoms with Crippen molar-refractivity contribution in [2.45, 2.75) is 38.9 Å². The van der Waals surface area contributed by atoms with Crippen LogP contribution in [0.2, 0.25) is 5.02 Å². The van der Waals surface area contributed by atoms with Crippen LogP contribution >= 0.6 is 11.6 Å². The van der Waals surface area contributed by atoms with Crippen molar-refractivity contribution in [3.8, 4) is 0 Å². The van der Waals surface area contributed by atoms with E-state index in [4.69, 9.17) is 20.9 Å². The number of pyridine rings is 1. The topological polar surface area (TPSA) is 47.1 Å². The average molecular weight is 279 g/mol. The number of halogens is 1. The number of hydrogen-bond donors (Lipinski definition) is 1. The largest absolute Gasteiger partial charge is 0.496 e. The molecule has 0 radical (unpaired) electrons. The van der Waals surface area contributed by atoms with Crippen LogP contribution in [0.3, 0.4) is 0 Å². The molecule has 1 fully saturated rings. The first-order chi connectivity index (χ1) is 8.80. The van der Waals surface area contributed by atoms with Crippen molar-refractivity contribution in [3.63, 3.8) is 0 Å². The minimum Gasteiger partial charge on any atom is -0.399 e. The molecule has 1 saturated heterocycles. The zero-order chi connectivity index (χ0) is 13.8. The van der Waals surface area contributed by atoms with Gasteiger partial charge in [0.05, 0.1) is 16.2 Å². The minimum absolute atomic E-state index is 0.353. The lowest BCUT2D eigenvalue weighted by atomic mass is 9.80. The third-order valence-electron chi connectivity index (χ3n) is 4.03. The summed E-state index contributed by atoms with van der Waals surface area (Å²) in [5, 5.41) is 1.54. The van der Waals surface area contributed by atoms with E-state index in [1.54, 1.807) is 12.4 Å². The van der Waals surface area contributed by atoms with Gasteiger partial charge in [0.25, 0.3) is 0 Å². The zero-order valence-electron chi connectivity index (χ0n) is 11.5. The van der Waals surface area contributed by atoms with Gasteiger partial charge < -0.3 is 14.3 Å². The maximum absolute atomic E-state index is 6.11. The summed E-state index contributed by atoms with van der Waals surface area (Å²) in [5.41, 5.74) is 0.946. The van der Waals surface area contributed by atoms with E-state index in [2.05, 4.69) is 9.97 Å². The number of aromatic amines is 1. The first kappa shape index (κ1) is 13.0. The zero-order valence-corrected chi connectivity index (χ0v) is 12.2. The second-order valence-corrected chi connectivity index (χ2v) is 6.30. The Morgan fingerprint density at radius 3 is 2.47 bits per heavy atom. The monoisotopic (exact) mass is 278 g/mol. The molecule has 100 valence electrons. The van der Waals surface area contributed by atoms with E-state index in [0.29, 0.717) is 5.02 Å². The van der Waals surface area contributed by atoms with Gasteiger partial charge in [-0.3, -0.25) is 0 Å². The summed E-state index contributed by atoms with van der Waals surface area (Å²) < 4.78 is 12.0. The molecular formula is C13H16BClN2O2. The van der Waals surface area contributed by atoms with Gasteiger partial charge in [-0.05, 0) is 33.8 Å². The molecule has 1 N–H and O–H groups in total. The van der Waals surface area contributed by atoms with Gasteiger partial charge in [0.15, 0.2) is 0 Å². The van der Waals surface area contributed by atoms with Crippen molar-refractivity contribution >= 4 is 35.2 Å². The fourth-order valence-electron chi connectivity index (χ4n) is 2.10. The van der Waals surface area contributed by atoms with Gasteiger partial charge in [-0.25, -0.2) is 4.98 Å². The van der Waals surface area contributed by atoms with Gasteiger partial charge in [0.1, 0.15) is 5.65 Å². The molecule has 0 unspecified atom stereocenters. The van der Waals surface area contributed by atoms with E-state index < -0.39 is 7.12 Å². The van der Waals surface area contributed by atoms with Crippen molar-refractivity contribution in [1.29, 1.82) is 0 Å². The lowest BCUT2D eigenvalue weighted by Crippen LogP contribution is -2.41. The Morgan fingerprint density at radius 1 is 1.21 bits per heavy atom. The molecule has 3 heterocycles. The fourth-order valence-corrected chi connectivity index (χ4v) is 2.29. The number of H-pyrrole nitrogens is 1. The summed E-state index contributed by atoms with van der Waals surface area (Å²) in [4.78, 5) is 7.36. The van der Waals surface area contributed by atoms with Crippen LogP contribution in [0.15, 0.2) is 18.5 Å². The summed E-state index contributed by atoms with van der Waals surface area (Å²) in [7, 11) is -0.409. The summed E-state index contributed by atoms with van der Waals surface area (Å²) in [6.07, 6.45) is 3.49. The third-order valence-corrected chi connectivity index (χ3v) is 4.34. The predicted octanol–water partition coefficient (Wildman–Crippen LogP) is 2.52. The summed E-state index contributed by atoms with van der Waals surface area (Å²) in [6, 6.07) is 1.96. The molecule has 1 aliphatic rings. The smallest absolute Gasteiger partial charge is 0.399 e. The highest BCUT2D eigenvalue weighted by atomic mass is 35.5. The summed E-state index contributed by atoms with van der Waals surface area (Å²) in [6.45, 7) is 8.12. The van der Waals surface area contributed by atoms with Gasteiger partial charge in [-0.1, -0.05) is 11.6 Å². The lowest BCUT2D eigenvalue weighted by Gasteiger charge is -2.32. The molecule has 0 saturated carbocycles. The predicted molar refractivity (Wildman–Crippen MR) is 76.8 cm³/mol. The lowest BCUT2D eigenvalue weighted by molar-refractivity contribution is 0.00578. The second-order valence-electron chi connectivity index (χ2n) is 5.89. The normalized spacial score (nSPS) is 21.2. The molecule has 6 heteroatoms. The number of rotatable bonds is 1. The van der Waals surface area contributed by atoms with E-state index in [0.717, 1.165) is 16.5 Å². The molecule has 0 aromatic carbocycles. The Hall–Kier alpha value is -1.04. The summed E-state index contributed by atoms with van der Waals surface area (Å²) in [5.74, 6) is 0. The van der Waals surface area contributed by atoms with Crippen molar-refractivity contribution in [2.75, 3.05) is 0 Å². The number of aromatic nitrogens is 2. The van der Waals surface area contributed by atoms with Crippen LogP contribution in [-0.4, -0.2) is 28.3 Å². The van der Waals surface area contributed by atoms with E-state index in [-0.39, 0.29) is 11.2 Å². The van der Waals surface area contributed by atoms with Crippen LogP contribution in [0.25, 0.3) is 11.0 Å². The molecule has 19 heavy (non-hydrogen) atoms. The molecule has 0 spiro atoms. The van der Waals surface area contributed by atoms with Crippen LogP contribution in [0.4, 0.5) is 0 Å². The van der Waals surface area contributed by atoms with Gasteiger partial charge in [-0.15, -0.1) is 0 Å². The summed E-state index contributed by atoms with van der Waals surface area (Å²) >= 11 is 6.11. The SMILES string of the molecule is CC1(C)OB(c2cnc3[nH]cc(Cl)c3c2)OC1(C)C. The molecule has 0 atom stereocenters. The maximum atomic E-state index is 6.11. The van der Waals surface area contributed by atoms with E-state index >= 15 is 0 Å². The molecule has 2 aromatic heterocycles. The first-order valence-electron chi connectivity index (χ1n) is 6.28. The Morgan fingerprint density at radius 2 is 1.84 bits per heavy atom. The van der Waals surface area contributed by atoms with Gasteiger partial charge in [-0.2, -0.15) is 0 Å². The molecule has 0 bridgehead atoms. The molecule has 1 aliphatic heterocycles. The Balaban J connectivity index is 2.00. The van der Waals surface area contributed by atoms with E-state index in [9.17, 15) is 0 Å². The Bertz CT molecular complexity index is 623. The molecule has 3 rings (SSSR count). The highest BCUT2D eigenvalue weighted by Crippen LogP contribution is 2.36. The van der Waals surface area contributed by atoms with Crippen LogP contribution in [-0.2, 0) is 9.31 Å². The van der Waals surface area contributed by atoms with Gasteiger partial charge in [0.2, 0.25) is 0 Å². The standard InChI is InChI=1S/C13H16BClN2O2/c1-12(2)13(3,4)19-14(18-12)8-5-9-10(15)7-17-11(9)16-6-8/h5-7H,1-4H3,(H,16,17). The van der Waals surface area contributed by atoms with Crippen LogP contribution in [0, 0.1) is 0 Å². The van der Waals surface area contributed by atoms with Crippen LogP contribution < -0.4 is 5.46 Å². The number of nitrogens with zero attached hydrogens (tertiary/aromatic N) is 1. The van der Waals surface area contributed by atoms with Gasteiger partial charge in [0, 0.05) is 23.2 Å². The van der Waals surface area contributed by atoms with Crippen molar-refractivity contribution in [1.82, 2.24) is 9.97 Å². The van der Waals surface area contributed by atoms with Gasteiger partial charge >= 0.3 is 7.12 Å². The molecular weight excluding hydrogens is 262 g/mol. The van der Waals surface area contributed by atoms with Crippen LogP contribution in [0.5, 0.6) is 0 Å². The van der Waals surface area contributed by atoms with Crippen molar-refractivity contribution in [3.05, 3.63) is 23.5 Å². The number of nitrogens with one attached hydrogen (secondary N) is 1. The van der Waals surface area contributed by atoms with Crippen LogP contribution in [0.1, 0.15) is 27.7 Å². The number of hydrogen-bond acceptors (Lipinski definition) is 3. The Labute approximate surface area is 117 Å². The quantitative estimate of drug-likeness (QED) is 0.815. The maximum Gasteiger partial charge on any atom is 0.496 e. The highest BCUT2D eigenvalue weighted by molar-refractivity contribution is 6.62. The average Bonchev–Trinajstić information content (AvgIpc) is 2.78. The Kier molecular flexibility index (Phi) is 2.72. The molecule has 0 amide bonds. The van der Waals surface area contributed by atoms with E-state index in [1.807, 2.05) is 33.8 Å². The highest BCUT2D eigenvalue weighted by Gasteiger charge is 2.51. The molecule has 0 aliphatic carbocycles. The minimum atomic E-state index is -0.409.